The van der Waals surface area contributed by atoms with Crippen molar-refractivity contribution in [2.45, 2.75) is 13.0 Å². The summed E-state index contributed by atoms with van der Waals surface area (Å²) in [4.78, 5) is 13.6. The Morgan fingerprint density at radius 3 is 2.48 bits per heavy atom. The molecular formula is C16H15F2NO2. The fraction of sp³-hybridized carbons (Fsp3) is 0.188. The van der Waals surface area contributed by atoms with Gasteiger partial charge < -0.3 is 10.0 Å². The molecule has 0 bridgehead atoms. The number of carbonyl (C=O) groups excluding carboxylic acids is 1. The third-order valence-corrected chi connectivity index (χ3v) is 3.45. The molecule has 2 aromatic carbocycles. The molecule has 2 rings (SSSR count). The van der Waals surface area contributed by atoms with Crippen LogP contribution in [-0.4, -0.2) is 23.0 Å². The fourth-order valence-electron chi connectivity index (χ4n) is 2.07. The highest BCUT2D eigenvalue weighted by atomic mass is 19.1. The Morgan fingerprint density at radius 2 is 1.86 bits per heavy atom. The molecule has 0 saturated heterocycles. The van der Waals surface area contributed by atoms with Gasteiger partial charge in [-0.05, 0) is 25.1 Å². The van der Waals surface area contributed by atoms with E-state index in [9.17, 15) is 18.7 Å². The Hall–Kier alpha value is -2.43. The lowest BCUT2D eigenvalue weighted by atomic mass is 10.1. The first-order chi connectivity index (χ1) is 9.91. The van der Waals surface area contributed by atoms with Gasteiger partial charge in [0.05, 0.1) is 11.6 Å². The van der Waals surface area contributed by atoms with Crippen LogP contribution < -0.4 is 0 Å². The highest BCUT2D eigenvalue weighted by molar-refractivity contribution is 5.96. The molecule has 0 aliphatic heterocycles. The fourth-order valence-corrected chi connectivity index (χ4v) is 2.07. The third-order valence-electron chi connectivity index (χ3n) is 3.45. The number of nitrogens with zero attached hydrogens (tertiary/aromatic N) is 1. The number of phenols is 1. The molecule has 0 radical (unpaired) electrons. The molecule has 5 heteroatoms. The first-order valence-corrected chi connectivity index (χ1v) is 6.42. The second-order valence-corrected chi connectivity index (χ2v) is 4.78. The van der Waals surface area contributed by atoms with Crippen molar-refractivity contribution < 1.29 is 18.7 Å². The van der Waals surface area contributed by atoms with Crippen molar-refractivity contribution in [3.8, 4) is 5.75 Å². The van der Waals surface area contributed by atoms with Gasteiger partial charge in [-0.3, -0.25) is 4.79 Å². The SMILES string of the molecule is CC(c1ccccc1F)N(C)C(=O)c1ccc(F)cc1O. The van der Waals surface area contributed by atoms with Crippen molar-refractivity contribution in [3.05, 3.63) is 65.2 Å². The average Bonchev–Trinajstić information content (AvgIpc) is 2.45. The Balaban J connectivity index is 2.29. The van der Waals surface area contributed by atoms with E-state index in [4.69, 9.17) is 0 Å². The van der Waals surface area contributed by atoms with Gasteiger partial charge in [0, 0.05) is 18.7 Å². The molecule has 3 nitrogen and oxygen atoms in total. The molecule has 1 atom stereocenters. The predicted molar refractivity (Wildman–Crippen MR) is 75.0 cm³/mol. The van der Waals surface area contributed by atoms with E-state index in [0.717, 1.165) is 12.1 Å². The number of benzene rings is 2. The highest BCUT2D eigenvalue weighted by Gasteiger charge is 2.23. The Morgan fingerprint density at radius 1 is 1.19 bits per heavy atom. The van der Waals surface area contributed by atoms with Gasteiger partial charge in [0.1, 0.15) is 17.4 Å². The van der Waals surface area contributed by atoms with Crippen LogP contribution in [0.2, 0.25) is 0 Å². The molecule has 0 saturated carbocycles. The number of hydrogen-bond acceptors (Lipinski definition) is 2. The number of phenolic OH excluding ortho intramolecular Hbond substituents is 1. The second kappa shape index (κ2) is 5.91. The average molecular weight is 291 g/mol. The minimum absolute atomic E-state index is 0.0258. The molecule has 0 aromatic heterocycles. The summed E-state index contributed by atoms with van der Waals surface area (Å²) in [5.41, 5.74) is 0.344. The molecule has 1 unspecified atom stereocenters. The summed E-state index contributed by atoms with van der Waals surface area (Å²) in [6, 6.07) is 8.81. The van der Waals surface area contributed by atoms with E-state index in [2.05, 4.69) is 0 Å². The quantitative estimate of drug-likeness (QED) is 0.940. The first-order valence-electron chi connectivity index (χ1n) is 6.42. The Kier molecular flexibility index (Phi) is 4.21. The maximum absolute atomic E-state index is 13.8. The molecule has 110 valence electrons. The maximum atomic E-state index is 13.8. The van der Waals surface area contributed by atoms with Crippen LogP contribution >= 0.6 is 0 Å². The summed E-state index contributed by atoms with van der Waals surface area (Å²) < 4.78 is 26.7. The van der Waals surface area contributed by atoms with Crippen LogP contribution in [-0.2, 0) is 0 Å². The van der Waals surface area contributed by atoms with E-state index in [1.807, 2.05) is 0 Å². The number of halogens is 2. The van der Waals surface area contributed by atoms with Gasteiger partial charge in [-0.15, -0.1) is 0 Å². The predicted octanol–water partition coefficient (Wildman–Crippen LogP) is 3.50. The largest absolute Gasteiger partial charge is 0.507 e. The van der Waals surface area contributed by atoms with Crippen LogP contribution in [0.3, 0.4) is 0 Å². The summed E-state index contributed by atoms with van der Waals surface area (Å²) in [6.45, 7) is 1.68. The van der Waals surface area contributed by atoms with Gasteiger partial charge in [0.25, 0.3) is 5.91 Å². The van der Waals surface area contributed by atoms with Crippen molar-refractivity contribution >= 4 is 5.91 Å². The zero-order chi connectivity index (χ0) is 15.6. The Labute approximate surface area is 121 Å². The molecule has 1 N–H and O–H groups in total. The lowest BCUT2D eigenvalue weighted by Crippen LogP contribution is -2.30. The molecule has 0 heterocycles. The number of carbonyl (C=O) groups is 1. The van der Waals surface area contributed by atoms with Gasteiger partial charge in [0.2, 0.25) is 0 Å². The zero-order valence-electron chi connectivity index (χ0n) is 11.7. The number of rotatable bonds is 3. The van der Waals surface area contributed by atoms with E-state index in [-0.39, 0.29) is 5.56 Å². The zero-order valence-corrected chi connectivity index (χ0v) is 11.7. The number of aromatic hydroxyl groups is 1. The van der Waals surface area contributed by atoms with Crippen molar-refractivity contribution in [3.63, 3.8) is 0 Å². The summed E-state index contributed by atoms with van der Waals surface area (Å²) >= 11 is 0. The van der Waals surface area contributed by atoms with Crippen molar-refractivity contribution in [2.75, 3.05) is 7.05 Å². The monoisotopic (exact) mass is 291 g/mol. The molecular weight excluding hydrogens is 276 g/mol. The van der Waals surface area contributed by atoms with Crippen LogP contribution in [0.25, 0.3) is 0 Å². The lowest BCUT2D eigenvalue weighted by Gasteiger charge is -2.26. The minimum atomic E-state index is -0.631. The first kappa shape index (κ1) is 15.0. The number of hydrogen-bond donors (Lipinski definition) is 1. The van der Waals surface area contributed by atoms with Gasteiger partial charge in [-0.25, -0.2) is 8.78 Å². The lowest BCUT2D eigenvalue weighted by molar-refractivity contribution is 0.0737. The van der Waals surface area contributed by atoms with Crippen molar-refractivity contribution in [2.24, 2.45) is 0 Å². The molecule has 2 aromatic rings. The van der Waals surface area contributed by atoms with E-state index in [1.165, 1.54) is 24.1 Å². The second-order valence-electron chi connectivity index (χ2n) is 4.78. The minimum Gasteiger partial charge on any atom is -0.507 e. The Bertz CT molecular complexity index is 673. The molecule has 0 spiro atoms. The maximum Gasteiger partial charge on any atom is 0.257 e. The van der Waals surface area contributed by atoms with Crippen LogP contribution in [0.1, 0.15) is 28.9 Å². The van der Waals surface area contributed by atoms with Gasteiger partial charge in [0.15, 0.2) is 0 Å². The molecule has 1 amide bonds. The van der Waals surface area contributed by atoms with Crippen molar-refractivity contribution in [1.29, 1.82) is 0 Å². The molecule has 0 aliphatic carbocycles. The number of amides is 1. The highest BCUT2D eigenvalue weighted by Crippen LogP contribution is 2.26. The summed E-state index contributed by atoms with van der Waals surface area (Å²) in [5, 5.41) is 9.66. The van der Waals surface area contributed by atoms with Crippen LogP contribution in [0.5, 0.6) is 5.75 Å². The van der Waals surface area contributed by atoms with Crippen molar-refractivity contribution in [1.82, 2.24) is 4.90 Å². The summed E-state index contributed by atoms with van der Waals surface area (Å²) in [6.07, 6.45) is 0. The van der Waals surface area contributed by atoms with E-state index >= 15 is 0 Å². The standard InChI is InChI=1S/C16H15F2NO2/c1-10(12-5-3-4-6-14(12)18)19(2)16(21)13-8-7-11(17)9-15(13)20/h3-10,20H,1-2H3. The van der Waals surface area contributed by atoms with Crippen LogP contribution in [0.15, 0.2) is 42.5 Å². The third kappa shape index (κ3) is 3.02. The molecule has 21 heavy (non-hydrogen) atoms. The smallest absolute Gasteiger partial charge is 0.257 e. The normalized spacial score (nSPS) is 12.0. The van der Waals surface area contributed by atoms with E-state index in [1.54, 1.807) is 25.1 Å². The molecule has 0 aliphatic rings. The summed E-state index contributed by atoms with van der Waals surface area (Å²) in [7, 11) is 1.50. The van der Waals surface area contributed by atoms with Crippen LogP contribution in [0.4, 0.5) is 8.78 Å². The summed E-state index contributed by atoms with van der Waals surface area (Å²) in [5.74, 6) is -1.99. The van der Waals surface area contributed by atoms with Gasteiger partial charge >= 0.3 is 0 Å². The van der Waals surface area contributed by atoms with Crippen LogP contribution in [0, 0.1) is 11.6 Å². The van der Waals surface area contributed by atoms with Gasteiger partial charge in [-0.1, -0.05) is 18.2 Å². The topological polar surface area (TPSA) is 40.5 Å². The van der Waals surface area contributed by atoms with E-state index in [0.29, 0.717) is 5.56 Å². The van der Waals surface area contributed by atoms with E-state index < -0.39 is 29.3 Å². The van der Waals surface area contributed by atoms with Gasteiger partial charge in [-0.2, -0.15) is 0 Å². The molecule has 0 fully saturated rings.